The average Bonchev–Trinajstić information content (AvgIpc) is 2.18. The van der Waals surface area contributed by atoms with Crippen LogP contribution in [0.5, 0.6) is 0 Å². The first-order valence-electron chi connectivity index (χ1n) is 4.16. The summed E-state index contributed by atoms with van der Waals surface area (Å²) in [5.74, 6) is 0.653. The molecule has 1 heterocycles. The molecule has 4 heteroatoms. The number of hydrogen-bond donors (Lipinski definition) is 2. The van der Waals surface area contributed by atoms with Crippen LogP contribution in [0, 0.1) is 7.05 Å². The van der Waals surface area contributed by atoms with Crippen molar-refractivity contribution < 1.29 is 10.4 Å². The van der Waals surface area contributed by atoms with Gasteiger partial charge in [0.25, 0.3) is 0 Å². The fourth-order valence-electron chi connectivity index (χ4n) is 0.864. The number of rotatable bonds is 3. The van der Waals surface area contributed by atoms with Gasteiger partial charge >= 0.3 is 0 Å². The lowest BCUT2D eigenvalue weighted by Gasteiger charge is -2.19. The van der Waals surface area contributed by atoms with Crippen molar-refractivity contribution in [3.63, 3.8) is 0 Å². The van der Waals surface area contributed by atoms with E-state index in [4.69, 9.17) is 5.11 Å². The molecule has 1 aromatic rings. The quantitative estimate of drug-likeness (QED) is 0.631. The first-order valence-corrected chi connectivity index (χ1v) is 4.16. The topological polar surface area (TPSA) is 62.6 Å². The molecule has 3 N–H and O–H groups in total. The molecule has 0 unspecified atom stereocenters. The molecule has 72 valence electrons. The minimum absolute atomic E-state index is 0.0421. The smallest absolute Gasteiger partial charge is 0.140 e. The third kappa shape index (κ3) is 2.23. The van der Waals surface area contributed by atoms with Gasteiger partial charge in [-0.1, -0.05) is 13.8 Å². The van der Waals surface area contributed by atoms with Crippen molar-refractivity contribution in [1.29, 1.82) is 0 Å². The second-order valence-corrected chi connectivity index (χ2v) is 3.59. The third-order valence-corrected chi connectivity index (χ3v) is 1.91. The van der Waals surface area contributed by atoms with Crippen molar-refractivity contribution in [2.45, 2.75) is 19.3 Å². The Labute approximate surface area is 78.0 Å². The number of nitrogens with zero attached hydrogens (tertiary/aromatic N) is 2. The summed E-state index contributed by atoms with van der Waals surface area (Å²) in [6.07, 6.45) is 3.40. The van der Waals surface area contributed by atoms with E-state index in [1.165, 1.54) is 0 Å². The Morgan fingerprint density at radius 3 is 2.38 bits per heavy atom. The number of aliphatic hydroxyl groups is 1. The molecule has 0 radical (unpaired) electrons. The van der Waals surface area contributed by atoms with Crippen molar-refractivity contribution in [2.75, 3.05) is 6.61 Å². The lowest BCUT2D eigenvalue weighted by Crippen LogP contribution is -2.69. The second kappa shape index (κ2) is 3.81. The molecular formula is C9H15N3O. The fourth-order valence-corrected chi connectivity index (χ4v) is 0.864. The fraction of sp³-hybridized carbons (Fsp3) is 0.444. The van der Waals surface area contributed by atoms with E-state index in [1.54, 1.807) is 17.7 Å². The summed E-state index contributed by atoms with van der Waals surface area (Å²) in [5, 5.41) is 10.8. The summed E-state index contributed by atoms with van der Waals surface area (Å²) in [6.45, 7) is 3.84. The summed E-state index contributed by atoms with van der Waals surface area (Å²) >= 11 is 0. The van der Waals surface area contributed by atoms with Gasteiger partial charge in [0.05, 0.1) is 19.0 Å². The zero-order valence-electron chi connectivity index (χ0n) is 7.99. The largest absolute Gasteiger partial charge is 0.443 e. The highest BCUT2D eigenvalue weighted by Crippen LogP contribution is 2.17. The van der Waals surface area contributed by atoms with Crippen LogP contribution in [0.2, 0.25) is 0 Å². The molecule has 0 aromatic carbocycles. The van der Waals surface area contributed by atoms with Gasteiger partial charge in [0, 0.05) is 5.41 Å². The van der Waals surface area contributed by atoms with Gasteiger partial charge in [0.2, 0.25) is 0 Å². The monoisotopic (exact) mass is 181 g/mol. The molecule has 4 nitrogen and oxygen atoms in total. The normalized spacial score (nSPS) is 11.7. The van der Waals surface area contributed by atoms with Crippen molar-refractivity contribution in [1.82, 2.24) is 9.97 Å². The average molecular weight is 181 g/mol. The van der Waals surface area contributed by atoms with Crippen LogP contribution >= 0.6 is 0 Å². The van der Waals surface area contributed by atoms with Crippen molar-refractivity contribution in [3.8, 4) is 0 Å². The minimum atomic E-state index is -0.375. The molecule has 0 amide bonds. The van der Waals surface area contributed by atoms with Crippen LogP contribution in [0.15, 0.2) is 12.4 Å². The first kappa shape index (κ1) is 10.1. The standard InChI is InChI=1S/C9H15N3O/c1-9(2,6-13)8-11-4-7(10-3)5-12-8/h4-5,13H,3,6,10H2,1-2H3. The SMILES string of the molecule is [CH2-][NH2+]c1cnc(C(C)(C)CO)nc1. The summed E-state index contributed by atoms with van der Waals surface area (Å²) in [4.78, 5) is 8.30. The zero-order chi connectivity index (χ0) is 9.90. The van der Waals surface area contributed by atoms with E-state index < -0.39 is 0 Å². The molecule has 13 heavy (non-hydrogen) atoms. The van der Waals surface area contributed by atoms with E-state index in [-0.39, 0.29) is 12.0 Å². The first-order chi connectivity index (χ1) is 6.10. The number of hydrogen-bond acceptors (Lipinski definition) is 3. The summed E-state index contributed by atoms with van der Waals surface area (Å²) in [6, 6.07) is 0. The third-order valence-electron chi connectivity index (χ3n) is 1.91. The van der Waals surface area contributed by atoms with Crippen LogP contribution in [0.4, 0.5) is 5.69 Å². The number of aromatic nitrogens is 2. The Morgan fingerprint density at radius 2 is 2.00 bits per heavy atom. The molecule has 0 spiro atoms. The number of quaternary nitrogens is 1. The molecule has 0 aliphatic heterocycles. The van der Waals surface area contributed by atoms with Crippen LogP contribution in [-0.4, -0.2) is 21.7 Å². The molecule has 1 aromatic heterocycles. The molecular weight excluding hydrogens is 166 g/mol. The summed E-state index contributed by atoms with van der Waals surface area (Å²) in [7, 11) is 3.61. The Morgan fingerprint density at radius 1 is 1.46 bits per heavy atom. The van der Waals surface area contributed by atoms with Crippen LogP contribution < -0.4 is 5.32 Å². The maximum absolute atomic E-state index is 9.07. The molecule has 0 aliphatic carbocycles. The van der Waals surface area contributed by atoms with E-state index in [2.05, 4.69) is 17.0 Å². The van der Waals surface area contributed by atoms with E-state index in [1.807, 2.05) is 13.8 Å². The molecule has 0 fully saturated rings. The second-order valence-electron chi connectivity index (χ2n) is 3.59. The number of aliphatic hydroxyl groups excluding tert-OH is 1. The van der Waals surface area contributed by atoms with E-state index in [0.29, 0.717) is 5.82 Å². The lowest BCUT2D eigenvalue weighted by molar-refractivity contribution is -0.505. The molecule has 1 rings (SSSR count). The van der Waals surface area contributed by atoms with Crippen LogP contribution in [0.1, 0.15) is 19.7 Å². The maximum Gasteiger partial charge on any atom is 0.140 e. The van der Waals surface area contributed by atoms with Crippen LogP contribution in [-0.2, 0) is 5.41 Å². The van der Waals surface area contributed by atoms with Crippen molar-refractivity contribution >= 4 is 5.69 Å². The van der Waals surface area contributed by atoms with E-state index in [9.17, 15) is 0 Å². The van der Waals surface area contributed by atoms with Gasteiger partial charge in [0.1, 0.15) is 11.5 Å². The van der Waals surface area contributed by atoms with Gasteiger partial charge in [0.15, 0.2) is 0 Å². The maximum atomic E-state index is 9.07. The molecule has 0 atom stereocenters. The van der Waals surface area contributed by atoms with Gasteiger partial charge in [-0.3, -0.25) is 0 Å². The van der Waals surface area contributed by atoms with Gasteiger partial charge in [-0.05, 0) is 0 Å². The zero-order valence-corrected chi connectivity index (χ0v) is 7.99. The molecule has 0 bridgehead atoms. The highest BCUT2D eigenvalue weighted by Gasteiger charge is 2.22. The molecule has 0 saturated carbocycles. The lowest BCUT2D eigenvalue weighted by atomic mass is 9.94. The Hall–Kier alpha value is -1.00. The summed E-state index contributed by atoms with van der Waals surface area (Å²) < 4.78 is 0. The van der Waals surface area contributed by atoms with E-state index >= 15 is 0 Å². The van der Waals surface area contributed by atoms with Gasteiger partial charge < -0.3 is 10.4 Å². The summed E-state index contributed by atoms with van der Waals surface area (Å²) in [5.41, 5.74) is 0.511. The van der Waals surface area contributed by atoms with Crippen LogP contribution in [0.25, 0.3) is 0 Å². The molecule has 0 aliphatic rings. The van der Waals surface area contributed by atoms with Gasteiger partial charge in [-0.25, -0.2) is 9.97 Å². The highest BCUT2D eigenvalue weighted by molar-refractivity contribution is 5.21. The van der Waals surface area contributed by atoms with Gasteiger partial charge in [-0.2, -0.15) is 0 Å². The Bertz CT molecular complexity index is 269. The predicted octanol–water partition coefficient (Wildman–Crippen LogP) is -0.267. The van der Waals surface area contributed by atoms with Crippen LogP contribution in [0.3, 0.4) is 0 Å². The van der Waals surface area contributed by atoms with Gasteiger partial charge in [-0.15, -0.1) is 7.05 Å². The Kier molecular flexibility index (Phi) is 2.95. The van der Waals surface area contributed by atoms with E-state index in [0.717, 1.165) is 5.69 Å². The van der Waals surface area contributed by atoms with Crippen molar-refractivity contribution in [3.05, 3.63) is 25.3 Å². The van der Waals surface area contributed by atoms with Crippen molar-refractivity contribution in [2.24, 2.45) is 0 Å². The highest BCUT2D eigenvalue weighted by atomic mass is 16.3. The Balaban J connectivity index is 2.92. The minimum Gasteiger partial charge on any atom is -0.443 e. The molecule has 0 saturated heterocycles. The number of nitrogens with two attached hydrogens (primary N) is 1. The predicted molar refractivity (Wildman–Crippen MR) is 49.1 cm³/mol.